The summed E-state index contributed by atoms with van der Waals surface area (Å²) in [6.07, 6.45) is 3.02. The van der Waals surface area contributed by atoms with Crippen LogP contribution in [-0.2, 0) is 26.2 Å². The highest BCUT2D eigenvalue weighted by molar-refractivity contribution is 7.89. The lowest BCUT2D eigenvalue weighted by Crippen LogP contribution is -2.44. The minimum absolute atomic E-state index is 0.00930. The van der Waals surface area contributed by atoms with Crippen LogP contribution in [0.25, 0.3) is 5.69 Å². The Morgan fingerprint density at radius 3 is 2.32 bits per heavy atom. The molecule has 0 radical (unpaired) electrons. The molecule has 0 unspecified atom stereocenters. The lowest BCUT2D eigenvalue weighted by Gasteiger charge is -2.15. The second kappa shape index (κ2) is 9.49. The molecular formula is C20H22N6O4S. The second-order valence-electron chi connectivity index (χ2n) is 6.77. The Kier molecular flexibility index (Phi) is 6.78. The number of rotatable bonds is 8. The number of anilines is 1. The molecule has 10 nitrogen and oxygen atoms in total. The molecule has 31 heavy (non-hydrogen) atoms. The standard InChI is InChI=1S/C20H22N6O4S/c1-14(25-31(29,30)19-9-5-17(6-10-19)24-15(2)27)20(28)22-11-16-3-7-18(8-4-16)26-13-21-12-23-26/h3-10,12-14,25H,11H2,1-2H3,(H,22,28)(H,24,27)/t14-/m0/s1. The van der Waals surface area contributed by atoms with Crippen molar-refractivity contribution in [1.82, 2.24) is 24.8 Å². The number of benzene rings is 2. The first-order chi connectivity index (χ1) is 14.7. The summed E-state index contributed by atoms with van der Waals surface area (Å²) in [5.41, 5.74) is 2.16. The third-order valence-electron chi connectivity index (χ3n) is 4.30. The fraction of sp³-hybridized carbons (Fsp3) is 0.200. The molecule has 3 N–H and O–H groups in total. The Balaban J connectivity index is 1.55. The van der Waals surface area contributed by atoms with E-state index in [-0.39, 0.29) is 17.3 Å². The molecule has 0 saturated carbocycles. The van der Waals surface area contributed by atoms with Crippen molar-refractivity contribution in [3.63, 3.8) is 0 Å². The zero-order valence-corrected chi connectivity index (χ0v) is 17.8. The van der Waals surface area contributed by atoms with Gasteiger partial charge < -0.3 is 10.6 Å². The zero-order chi connectivity index (χ0) is 22.4. The number of amides is 2. The first kappa shape index (κ1) is 22.1. The minimum Gasteiger partial charge on any atom is -0.351 e. The highest BCUT2D eigenvalue weighted by Gasteiger charge is 2.22. The molecule has 0 aliphatic rings. The van der Waals surface area contributed by atoms with Crippen molar-refractivity contribution in [2.75, 3.05) is 5.32 Å². The summed E-state index contributed by atoms with van der Waals surface area (Å²) in [6, 6.07) is 12.0. The van der Waals surface area contributed by atoms with E-state index in [1.54, 1.807) is 11.0 Å². The van der Waals surface area contributed by atoms with Gasteiger partial charge in [-0.2, -0.15) is 9.82 Å². The Morgan fingerprint density at radius 2 is 1.74 bits per heavy atom. The molecule has 2 amide bonds. The van der Waals surface area contributed by atoms with E-state index in [4.69, 9.17) is 0 Å². The molecule has 2 aromatic carbocycles. The van der Waals surface area contributed by atoms with Crippen molar-refractivity contribution < 1.29 is 18.0 Å². The minimum atomic E-state index is -3.90. The van der Waals surface area contributed by atoms with Crippen molar-refractivity contribution in [2.45, 2.75) is 31.3 Å². The molecule has 11 heteroatoms. The number of hydrogen-bond acceptors (Lipinski definition) is 6. The number of hydrogen-bond donors (Lipinski definition) is 3. The number of carbonyl (C=O) groups excluding carboxylic acids is 2. The van der Waals surface area contributed by atoms with Crippen molar-refractivity contribution in [1.29, 1.82) is 0 Å². The topological polar surface area (TPSA) is 135 Å². The van der Waals surface area contributed by atoms with Gasteiger partial charge in [0, 0.05) is 19.2 Å². The Labute approximate surface area is 179 Å². The quantitative estimate of drug-likeness (QED) is 0.480. The molecule has 3 aromatic rings. The number of nitrogens with zero attached hydrogens (tertiary/aromatic N) is 3. The van der Waals surface area contributed by atoms with Crippen molar-refractivity contribution >= 4 is 27.5 Å². The van der Waals surface area contributed by atoms with Gasteiger partial charge in [-0.1, -0.05) is 12.1 Å². The molecule has 0 saturated heterocycles. The summed E-state index contributed by atoms with van der Waals surface area (Å²) in [4.78, 5) is 27.3. The van der Waals surface area contributed by atoms with E-state index in [9.17, 15) is 18.0 Å². The fourth-order valence-electron chi connectivity index (χ4n) is 2.73. The van der Waals surface area contributed by atoms with Crippen LogP contribution in [0, 0.1) is 0 Å². The summed E-state index contributed by atoms with van der Waals surface area (Å²) in [7, 11) is -3.90. The summed E-state index contributed by atoms with van der Waals surface area (Å²) >= 11 is 0. The van der Waals surface area contributed by atoms with Gasteiger partial charge in [0.25, 0.3) is 0 Å². The van der Waals surface area contributed by atoms with Crippen molar-refractivity contribution in [3.8, 4) is 5.69 Å². The van der Waals surface area contributed by atoms with Crippen LogP contribution in [-0.4, -0.2) is 41.0 Å². The predicted molar refractivity (Wildman–Crippen MR) is 114 cm³/mol. The number of nitrogens with one attached hydrogen (secondary N) is 3. The van der Waals surface area contributed by atoms with Crippen LogP contribution in [0.5, 0.6) is 0 Å². The molecule has 162 valence electrons. The molecule has 1 heterocycles. The summed E-state index contributed by atoms with van der Waals surface area (Å²) in [6.45, 7) is 3.07. The summed E-state index contributed by atoms with van der Waals surface area (Å²) < 4.78 is 29.0. The average Bonchev–Trinajstić information content (AvgIpc) is 3.27. The lowest BCUT2D eigenvalue weighted by atomic mass is 10.2. The largest absolute Gasteiger partial charge is 0.351 e. The van der Waals surface area contributed by atoms with E-state index in [2.05, 4.69) is 25.4 Å². The van der Waals surface area contributed by atoms with Crippen LogP contribution in [0.15, 0.2) is 66.1 Å². The summed E-state index contributed by atoms with van der Waals surface area (Å²) in [5.74, 6) is -0.717. The van der Waals surface area contributed by atoms with E-state index in [1.807, 2.05) is 24.3 Å². The van der Waals surface area contributed by atoms with Crippen LogP contribution in [0.1, 0.15) is 19.4 Å². The predicted octanol–water partition coefficient (Wildman–Crippen LogP) is 1.21. The van der Waals surface area contributed by atoms with Gasteiger partial charge in [-0.05, 0) is 48.9 Å². The van der Waals surface area contributed by atoms with E-state index in [1.165, 1.54) is 44.4 Å². The van der Waals surface area contributed by atoms with Crippen LogP contribution in [0.2, 0.25) is 0 Å². The van der Waals surface area contributed by atoms with Crippen LogP contribution < -0.4 is 15.4 Å². The molecule has 0 aliphatic heterocycles. The van der Waals surface area contributed by atoms with Gasteiger partial charge >= 0.3 is 0 Å². The molecular weight excluding hydrogens is 420 g/mol. The highest BCUT2D eigenvalue weighted by atomic mass is 32.2. The third kappa shape index (κ3) is 5.96. The zero-order valence-electron chi connectivity index (χ0n) is 16.9. The molecule has 1 aromatic heterocycles. The third-order valence-corrected chi connectivity index (χ3v) is 5.85. The van der Waals surface area contributed by atoms with E-state index >= 15 is 0 Å². The normalized spacial score (nSPS) is 12.2. The van der Waals surface area contributed by atoms with E-state index in [0.717, 1.165) is 11.3 Å². The average molecular weight is 443 g/mol. The van der Waals surface area contributed by atoms with Gasteiger partial charge in [-0.25, -0.2) is 18.1 Å². The van der Waals surface area contributed by atoms with Crippen LogP contribution >= 0.6 is 0 Å². The van der Waals surface area contributed by atoms with Crippen molar-refractivity contribution in [3.05, 3.63) is 66.7 Å². The first-order valence-electron chi connectivity index (χ1n) is 9.36. The maximum absolute atomic E-state index is 12.5. The van der Waals surface area contributed by atoms with Gasteiger partial charge in [0.15, 0.2) is 0 Å². The van der Waals surface area contributed by atoms with Gasteiger partial charge in [0.2, 0.25) is 21.8 Å². The van der Waals surface area contributed by atoms with E-state index in [0.29, 0.717) is 5.69 Å². The fourth-order valence-corrected chi connectivity index (χ4v) is 3.93. The highest BCUT2D eigenvalue weighted by Crippen LogP contribution is 2.14. The molecule has 0 fully saturated rings. The van der Waals surface area contributed by atoms with Crippen molar-refractivity contribution in [2.24, 2.45) is 0 Å². The SMILES string of the molecule is CC(=O)Nc1ccc(S(=O)(=O)N[C@@H](C)C(=O)NCc2ccc(-n3cncn3)cc2)cc1. The first-order valence-corrected chi connectivity index (χ1v) is 10.8. The number of carbonyl (C=O) groups is 2. The maximum Gasteiger partial charge on any atom is 0.241 e. The Morgan fingerprint density at radius 1 is 1.06 bits per heavy atom. The van der Waals surface area contributed by atoms with Crippen LogP contribution in [0.3, 0.4) is 0 Å². The number of sulfonamides is 1. The van der Waals surface area contributed by atoms with Crippen LogP contribution in [0.4, 0.5) is 5.69 Å². The monoisotopic (exact) mass is 442 g/mol. The van der Waals surface area contributed by atoms with Gasteiger partial charge in [-0.3, -0.25) is 9.59 Å². The van der Waals surface area contributed by atoms with E-state index < -0.39 is 22.0 Å². The Hall–Kier alpha value is -3.57. The van der Waals surface area contributed by atoms with Gasteiger partial charge in [0.1, 0.15) is 12.7 Å². The lowest BCUT2D eigenvalue weighted by molar-refractivity contribution is -0.122. The smallest absolute Gasteiger partial charge is 0.241 e. The second-order valence-corrected chi connectivity index (χ2v) is 8.49. The molecule has 0 bridgehead atoms. The number of aromatic nitrogens is 3. The molecule has 1 atom stereocenters. The molecule has 0 aliphatic carbocycles. The Bertz CT molecular complexity index is 1140. The molecule has 0 spiro atoms. The van der Waals surface area contributed by atoms with Gasteiger partial charge in [0.05, 0.1) is 16.6 Å². The maximum atomic E-state index is 12.5. The van der Waals surface area contributed by atoms with Gasteiger partial charge in [-0.15, -0.1) is 0 Å². The summed E-state index contributed by atoms with van der Waals surface area (Å²) in [5, 5.41) is 9.31. The molecule has 3 rings (SSSR count).